The second kappa shape index (κ2) is 7.32. The number of benzene rings is 2. The Balaban J connectivity index is 2.11. The summed E-state index contributed by atoms with van der Waals surface area (Å²) in [5.74, 6) is 1.54. The Morgan fingerprint density at radius 3 is 2.52 bits per heavy atom. The van der Waals surface area contributed by atoms with E-state index in [1.807, 2.05) is 30.3 Å². The molecule has 0 amide bonds. The molecule has 2 aromatic rings. The minimum absolute atomic E-state index is 0.441. The van der Waals surface area contributed by atoms with Crippen LogP contribution in [0.1, 0.15) is 16.7 Å². The molecule has 21 heavy (non-hydrogen) atoms. The van der Waals surface area contributed by atoms with Crippen LogP contribution in [0, 0.1) is 11.3 Å². The predicted molar refractivity (Wildman–Crippen MR) is 81.2 cm³/mol. The van der Waals surface area contributed by atoms with Gasteiger partial charge < -0.3 is 15.2 Å². The quantitative estimate of drug-likeness (QED) is 0.884. The van der Waals surface area contributed by atoms with Gasteiger partial charge in [-0.1, -0.05) is 18.2 Å². The van der Waals surface area contributed by atoms with Crippen molar-refractivity contribution in [3.05, 3.63) is 59.2 Å². The number of nitrogens with two attached hydrogens (primary N) is 1. The highest BCUT2D eigenvalue weighted by atomic mass is 16.5. The fourth-order valence-electron chi connectivity index (χ4n) is 1.99. The van der Waals surface area contributed by atoms with Gasteiger partial charge in [-0.25, -0.2) is 0 Å². The maximum absolute atomic E-state index is 8.78. The van der Waals surface area contributed by atoms with Gasteiger partial charge >= 0.3 is 0 Å². The SMILES string of the molecule is COc1ccc(CCN)c(OCc2ccc(C#N)cc2)c1. The molecule has 0 bridgehead atoms. The summed E-state index contributed by atoms with van der Waals surface area (Å²) < 4.78 is 11.1. The third-order valence-electron chi connectivity index (χ3n) is 3.17. The van der Waals surface area contributed by atoms with Crippen molar-refractivity contribution < 1.29 is 9.47 Å². The second-order valence-corrected chi connectivity index (χ2v) is 4.61. The number of hydrogen-bond acceptors (Lipinski definition) is 4. The van der Waals surface area contributed by atoms with Crippen LogP contribution in [0.2, 0.25) is 0 Å². The summed E-state index contributed by atoms with van der Waals surface area (Å²) in [5.41, 5.74) is 8.34. The summed E-state index contributed by atoms with van der Waals surface area (Å²) >= 11 is 0. The average Bonchev–Trinajstić information content (AvgIpc) is 2.54. The molecule has 0 radical (unpaired) electrons. The Labute approximate surface area is 124 Å². The molecule has 0 saturated heterocycles. The monoisotopic (exact) mass is 282 g/mol. The van der Waals surface area contributed by atoms with E-state index in [2.05, 4.69) is 6.07 Å². The average molecular weight is 282 g/mol. The van der Waals surface area contributed by atoms with Crippen molar-refractivity contribution in [1.29, 1.82) is 5.26 Å². The summed E-state index contributed by atoms with van der Waals surface area (Å²) in [6, 6.07) is 15.2. The van der Waals surface area contributed by atoms with E-state index in [-0.39, 0.29) is 0 Å². The van der Waals surface area contributed by atoms with Gasteiger partial charge in [0.25, 0.3) is 0 Å². The minimum atomic E-state index is 0.441. The van der Waals surface area contributed by atoms with Crippen molar-refractivity contribution in [3.8, 4) is 17.6 Å². The van der Waals surface area contributed by atoms with Gasteiger partial charge in [-0.3, -0.25) is 0 Å². The lowest BCUT2D eigenvalue weighted by Gasteiger charge is -2.12. The molecule has 0 aliphatic heterocycles. The first-order valence-corrected chi connectivity index (χ1v) is 6.75. The molecule has 108 valence electrons. The van der Waals surface area contributed by atoms with Crippen LogP contribution in [0.15, 0.2) is 42.5 Å². The van der Waals surface area contributed by atoms with Gasteiger partial charge in [-0.05, 0) is 42.3 Å². The summed E-state index contributed by atoms with van der Waals surface area (Å²) in [5, 5.41) is 8.78. The van der Waals surface area contributed by atoms with Gasteiger partial charge in [0, 0.05) is 6.07 Å². The zero-order valence-electron chi connectivity index (χ0n) is 12.0. The molecule has 0 fully saturated rings. The van der Waals surface area contributed by atoms with Crippen LogP contribution in [-0.2, 0) is 13.0 Å². The molecular weight excluding hydrogens is 264 g/mol. The van der Waals surface area contributed by atoms with E-state index in [1.165, 1.54) is 0 Å². The molecule has 0 heterocycles. The van der Waals surface area contributed by atoms with Crippen molar-refractivity contribution in [1.82, 2.24) is 0 Å². The van der Waals surface area contributed by atoms with Crippen LogP contribution in [0.5, 0.6) is 11.5 Å². The third kappa shape index (κ3) is 3.98. The van der Waals surface area contributed by atoms with Crippen LogP contribution >= 0.6 is 0 Å². The number of nitrogens with zero attached hydrogens (tertiary/aromatic N) is 1. The summed E-state index contributed by atoms with van der Waals surface area (Å²) in [6.45, 7) is 1.01. The van der Waals surface area contributed by atoms with Gasteiger partial charge in [0.05, 0.1) is 18.7 Å². The largest absolute Gasteiger partial charge is 0.497 e. The van der Waals surface area contributed by atoms with Gasteiger partial charge in [-0.15, -0.1) is 0 Å². The molecule has 2 N–H and O–H groups in total. The first kappa shape index (κ1) is 14.9. The smallest absolute Gasteiger partial charge is 0.126 e. The molecule has 0 aromatic heterocycles. The maximum atomic E-state index is 8.78. The minimum Gasteiger partial charge on any atom is -0.497 e. The zero-order valence-corrected chi connectivity index (χ0v) is 12.0. The number of hydrogen-bond donors (Lipinski definition) is 1. The van der Waals surface area contributed by atoms with Crippen LogP contribution in [-0.4, -0.2) is 13.7 Å². The van der Waals surface area contributed by atoms with E-state index in [0.29, 0.717) is 18.7 Å². The molecule has 0 saturated carbocycles. The van der Waals surface area contributed by atoms with Gasteiger partial charge in [0.15, 0.2) is 0 Å². The van der Waals surface area contributed by atoms with Crippen molar-refractivity contribution in [2.45, 2.75) is 13.0 Å². The Morgan fingerprint density at radius 1 is 1.14 bits per heavy atom. The molecule has 2 aromatic carbocycles. The molecule has 0 aliphatic rings. The molecule has 4 nitrogen and oxygen atoms in total. The zero-order chi connectivity index (χ0) is 15.1. The first-order chi connectivity index (χ1) is 10.3. The van der Waals surface area contributed by atoms with Gasteiger partial charge in [0.1, 0.15) is 18.1 Å². The van der Waals surface area contributed by atoms with E-state index in [9.17, 15) is 0 Å². The summed E-state index contributed by atoms with van der Waals surface area (Å²) in [4.78, 5) is 0. The predicted octanol–water partition coefficient (Wildman–Crippen LogP) is 2.65. The second-order valence-electron chi connectivity index (χ2n) is 4.61. The molecule has 4 heteroatoms. The van der Waals surface area contributed by atoms with Crippen molar-refractivity contribution in [2.24, 2.45) is 5.73 Å². The summed E-state index contributed by atoms with van der Waals surface area (Å²) in [6.07, 6.45) is 0.757. The van der Waals surface area contributed by atoms with Crippen molar-refractivity contribution in [3.63, 3.8) is 0 Å². The molecule has 0 atom stereocenters. The highest BCUT2D eigenvalue weighted by molar-refractivity contribution is 5.41. The van der Waals surface area contributed by atoms with Gasteiger partial charge in [0.2, 0.25) is 0 Å². The Bertz CT molecular complexity index is 630. The molecule has 0 spiro atoms. The standard InChI is InChI=1S/C17H18N2O2/c1-20-16-7-6-15(8-9-18)17(10-16)21-12-14-4-2-13(11-19)3-5-14/h2-7,10H,8-9,12,18H2,1H3. The van der Waals surface area contributed by atoms with Crippen molar-refractivity contribution >= 4 is 0 Å². The van der Waals surface area contributed by atoms with E-state index >= 15 is 0 Å². The van der Waals surface area contributed by atoms with Crippen molar-refractivity contribution in [2.75, 3.05) is 13.7 Å². The van der Waals surface area contributed by atoms with Gasteiger partial charge in [-0.2, -0.15) is 5.26 Å². The molecule has 0 aliphatic carbocycles. The van der Waals surface area contributed by atoms with Crippen LogP contribution in [0.3, 0.4) is 0 Å². The lowest BCUT2D eigenvalue weighted by molar-refractivity contribution is 0.300. The van der Waals surface area contributed by atoms with Crippen LogP contribution in [0.4, 0.5) is 0 Å². The highest BCUT2D eigenvalue weighted by Crippen LogP contribution is 2.26. The normalized spacial score (nSPS) is 9.95. The number of methoxy groups -OCH3 is 1. The number of rotatable bonds is 6. The molecule has 2 rings (SSSR count). The van der Waals surface area contributed by atoms with E-state index in [0.717, 1.165) is 29.0 Å². The lowest BCUT2D eigenvalue weighted by Crippen LogP contribution is -2.05. The third-order valence-corrected chi connectivity index (χ3v) is 3.17. The number of ether oxygens (including phenoxy) is 2. The van der Waals surface area contributed by atoms with Crippen LogP contribution < -0.4 is 15.2 Å². The first-order valence-electron chi connectivity index (χ1n) is 6.75. The maximum Gasteiger partial charge on any atom is 0.126 e. The molecular formula is C17H18N2O2. The van der Waals surface area contributed by atoms with Crippen LogP contribution in [0.25, 0.3) is 0 Å². The summed E-state index contributed by atoms with van der Waals surface area (Å²) in [7, 11) is 1.63. The fraction of sp³-hybridized carbons (Fsp3) is 0.235. The van der Waals surface area contributed by atoms with E-state index in [1.54, 1.807) is 19.2 Å². The van der Waals surface area contributed by atoms with E-state index < -0.39 is 0 Å². The number of nitriles is 1. The fourth-order valence-corrected chi connectivity index (χ4v) is 1.99. The van der Waals surface area contributed by atoms with E-state index in [4.69, 9.17) is 20.5 Å². The Morgan fingerprint density at radius 2 is 1.90 bits per heavy atom. The highest BCUT2D eigenvalue weighted by Gasteiger charge is 2.06. The lowest BCUT2D eigenvalue weighted by atomic mass is 10.1. The molecule has 0 unspecified atom stereocenters. The topological polar surface area (TPSA) is 68.3 Å². The Kier molecular flexibility index (Phi) is 5.19. The Hall–Kier alpha value is -2.51.